The minimum Gasteiger partial charge on any atom is -0.458 e. The molecule has 0 radical (unpaired) electrons. The van der Waals surface area contributed by atoms with Crippen molar-refractivity contribution < 1.29 is 24.1 Å². The van der Waals surface area contributed by atoms with Crippen molar-refractivity contribution in [1.82, 2.24) is 0 Å². The Morgan fingerprint density at radius 3 is 2.42 bits per heavy atom. The third-order valence-electron chi connectivity index (χ3n) is 12.6. The number of rotatable bonds is 0. The fourth-order valence-electron chi connectivity index (χ4n) is 11.2. The van der Waals surface area contributed by atoms with Gasteiger partial charge in [0.25, 0.3) is 0 Å². The number of esters is 1. The van der Waals surface area contributed by atoms with Crippen LogP contribution < -0.4 is 0 Å². The maximum absolute atomic E-state index is 12.3. The van der Waals surface area contributed by atoms with E-state index in [2.05, 4.69) is 13.8 Å². The van der Waals surface area contributed by atoms with Gasteiger partial charge in [0.1, 0.15) is 5.60 Å². The largest absolute Gasteiger partial charge is 0.458 e. The second kappa shape index (κ2) is 5.20. The van der Waals surface area contributed by atoms with Crippen molar-refractivity contribution in [2.24, 2.45) is 52.3 Å². The van der Waals surface area contributed by atoms with E-state index in [1.165, 1.54) is 19.3 Å². The van der Waals surface area contributed by atoms with E-state index in [1.54, 1.807) is 0 Å². The van der Waals surface area contributed by atoms with E-state index in [0.717, 1.165) is 31.6 Å². The molecular formula is C26H36O5. The Morgan fingerprint density at radius 1 is 0.903 bits per heavy atom. The molecule has 0 aromatic carbocycles. The molecule has 6 aliphatic carbocycles. The lowest BCUT2D eigenvalue weighted by Crippen LogP contribution is -2.67. The van der Waals surface area contributed by atoms with E-state index < -0.39 is 11.4 Å². The summed E-state index contributed by atoms with van der Waals surface area (Å²) in [6.45, 7) is 6.22. The molecule has 6 saturated carbocycles. The Morgan fingerprint density at radius 2 is 1.68 bits per heavy atom. The average molecular weight is 429 g/mol. The summed E-state index contributed by atoms with van der Waals surface area (Å²) in [5.41, 5.74) is -0.746. The SMILES string of the molecule is CC12CCC3(CC1(O)[C@@H]1C[C@@H]1C1C2CCC2(C)C1C1C[C@@H]1C21CCC(=O)O1)OCCO3. The van der Waals surface area contributed by atoms with Crippen LogP contribution in [0.15, 0.2) is 0 Å². The third kappa shape index (κ3) is 1.87. The van der Waals surface area contributed by atoms with Gasteiger partial charge in [-0.3, -0.25) is 4.79 Å². The number of hydrogen-bond acceptors (Lipinski definition) is 5. The molecule has 31 heavy (non-hydrogen) atoms. The number of carbonyl (C=O) groups is 1. The summed E-state index contributed by atoms with van der Waals surface area (Å²) in [7, 11) is 0. The van der Waals surface area contributed by atoms with Crippen LogP contribution in [0.1, 0.15) is 71.6 Å². The maximum Gasteiger partial charge on any atom is 0.306 e. The van der Waals surface area contributed by atoms with Gasteiger partial charge in [0.05, 0.1) is 18.8 Å². The van der Waals surface area contributed by atoms with Crippen LogP contribution in [-0.2, 0) is 19.0 Å². The van der Waals surface area contributed by atoms with Gasteiger partial charge in [0, 0.05) is 36.0 Å². The van der Waals surface area contributed by atoms with Crippen LogP contribution in [0.4, 0.5) is 0 Å². The summed E-state index contributed by atoms with van der Waals surface area (Å²) in [5, 5.41) is 12.3. The second-order valence-electron chi connectivity index (χ2n) is 13.2. The number of carbonyl (C=O) groups excluding carboxylic acids is 1. The zero-order chi connectivity index (χ0) is 21.0. The van der Waals surface area contributed by atoms with Crippen molar-refractivity contribution in [3.63, 3.8) is 0 Å². The summed E-state index contributed by atoms with van der Waals surface area (Å²) < 4.78 is 18.4. The van der Waals surface area contributed by atoms with Crippen LogP contribution in [0.2, 0.25) is 0 Å². The predicted octanol–water partition coefficient (Wildman–Crippen LogP) is 3.67. The van der Waals surface area contributed by atoms with E-state index in [-0.39, 0.29) is 22.4 Å². The lowest BCUT2D eigenvalue weighted by atomic mass is 9.42. The van der Waals surface area contributed by atoms with Gasteiger partial charge in [-0.1, -0.05) is 13.8 Å². The molecule has 2 aliphatic heterocycles. The molecule has 0 bridgehead atoms. The van der Waals surface area contributed by atoms with E-state index >= 15 is 0 Å². The second-order valence-corrected chi connectivity index (χ2v) is 13.2. The van der Waals surface area contributed by atoms with Gasteiger partial charge in [-0.05, 0) is 74.0 Å². The molecule has 2 heterocycles. The van der Waals surface area contributed by atoms with Crippen LogP contribution in [0.5, 0.6) is 0 Å². The highest BCUT2D eigenvalue weighted by molar-refractivity contribution is 5.73. The van der Waals surface area contributed by atoms with E-state index in [9.17, 15) is 9.90 Å². The highest BCUT2D eigenvalue weighted by atomic mass is 16.7. The van der Waals surface area contributed by atoms with Crippen molar-refractivity contribution in [1.29, 1.82) is 0 Å². The molecule has 0 amide bonds. The maximum atomic E-state index is 12.3. The van der Waals surface area contributed by atoms with Crippen molar-refractivity contribution in [2.45, 2.75) is 88.6 Å². The number of hydrogen-bond donors (Lipinski definition) is 1. The lowest BCUT2D eigenvalue weighted by Gasteiger charge is -2.65. The van der Waals surface area contributed by atoms with Gasteiger partial charge >= 0.3 is 5.97 Å². The molecule has 5 nitrogen and oxygen atoms in total. The Hall–Kier alpha value is -0.650. The molecule has 8 fully saturated rings. The standard InChI is InChI=1S/C26H36O5/c1-22-7-8-24(29-9-10-30-24)13-25(22,28)17-11-14(17)20-16(22)3-5-23(2)21(20)15-12-18(15)26(23)6-4-19(27)31-26/h14-18,20-21,28H,3-13H2,1-2H3/t14-,15?,16?,17+,18-,20?,21?,22?,23?,25?,26?/m0/s1. The van der Waals surface area contributed by atoms with Crippen LogP contribution >= 0.6 is 0 Å². The van der Waals surface area contributed by atoms with Crippen LogP contribution in [0, 0.1) is 52.3 Å². The van der Waals surface area contributed by atoms with Gasteiger partial charge in [0.15, 0.2) is 5.79 Å². The molecule has 0 aromatic rings. The molecule has 8 aliphatic rings. The van der Waals surface area contributed by atoms with Gasteiger partial charge in [0.2, 0.25) is 0 Å². The molecule has 8 unspecified atom stereocenters. The van der Waals surface area contributed by atoms with E-state index in [1.807, 2.05) is 0 Å². The van der Waals surface area contributed by atoms with Gasteiger partial charge in [-0.15, -0.1) is 0 Å². The Kier molecular flexibility index (Phi) is 3.14. The zero-order valence-corrected chi connectivity index (χ0v) is 18.9. The number of aliphatic hydroxyl groups is 1. The van der Waals surface area contributed by atoms with Crippen LogP contribution in [0.25, 0.3) is 0 Å². The zero-order valence-electron chi connectivity index (χ0n) is 18.9. The normalized spacial score (nSPS) is 64.4. The summed E-state index contributed by atoms with van der Waals surface area (Å²) in [6.07, 6.45) is 8.91. The summed E-state index contributed by atoms with van der Waals surface area (Å²) in [5.74, 6) is 3.84. The molecule has 11 atom stereocenters. The minimum absolute atomic E-state index is 0.0399. The monoisotopic (exact) mass is 428 g/mol. The van der Waals surface area contributed by atoms with Gasteiger partial charge < -0.3 is 19.3 Å². The van der Waals surface area contributed by atoms with Gasteiger partial charge in [-0.25, -0.2) is 0 Å². The summed E-state index contributed by atoms with van der Waals surface area (Å²) in [4.78, 5) is 12.3. The molecule has 1 N–H and O–H groups in total. The molecule has 8 rings (SSSR count). The molecular weight excluding hydrogens is 392 g/mol. The Bertz CT molecular complexity index is 881. The van der Waals surface area contributed by atoms with Crippen LogP contribution in [-0.4, -0.2) is 41.3 Å². The Labute approximate surface area is 184 Å². The first-order valence-corrected chi connectivity index (χ1v) is 13.0. The van der Waals surface area contributed by atoms with Crippen molar-refractivity contribution in [3.05, 3.63) is 0 Å². The van der Waals surface area contributed by atoms with Gasteiger partial charge in [-0.2, -0.15) is 0 Å². The Balaban J connectivity index is 1.19. The first kappa shape index (κ1) is 18.7. The number of ether oxygens (including phenoxy) is 3. The molecule has 170 valence electrons. The highest BCUT2D eigenvalue weighted by Crippen LogP contribution is 2.83. The highest BCUT2D eigenvalue weighted by Gasteiger charge is 2.83. The molecule has 0 aromatic heterocycles. The molecule has 2 saturated heterocycles. The summed E-state index contributed by atoms with van der Waals surface area (Å²) in [6, 6.07) is 0. The average Bonchev–Trinajstić information content (AvgIpc) is 3.61. The number of fused-ring (bicyclic) bond motifs is 12. The van der Waals surface area contributed by atoms with Crippen molar-refractivity contribution >= 4 is 5.97 Å². The first-order chi connectivity index (χ1) is 14.8. The quantitative estimate of drug-likeness (QED) is 0.597. The van der Waals surface area contributed by atoms with E-state index in [4.69, 9.17) is 14.2 Å². The summed E-state index contributed by atoms with van der Waals surface area (Å²) >= 11 is 0. The van der Waals surface area contributed by atoms with Crippen molar-refractivity contribution in [2.75, 3.05) is 13.2 Å². The predicted molar refractivity (Wildman–Crippen MR) is 111 cm³/mol. The first-order valence-electron chi connectivity index (χ1n) is 13.0. The fourth-order valence-corrected chi connectivity index (χ4v) is 11.2. The van der Waals surface area contributed by atoms with E-state index in [0.29, 0.717) is 61.6 Å². The molecule has 5 heteroatoms. The topological polar surface area (TPSA) is 65.0 Å². The smallest absolute Gasteiger partial charge is 0.306 e. The van der Waals surface area contributed by atoms with Crippen LogP contribution in [0.3, 0.4) is 0 Å². The molecule has 2 spiro atoms. The lowest BCUT2D eigenvalue weighted by molar-refractivity contribution is -0.292. The van der Waals surface area contributed by atoms with Crippen molar-refractivity contribution in [3.8, 4) is 0 Å². The minimum atomic E-state index is -0.658. The third-order valence-corrected chi connectivity index (χ3v) is 12.6. The fraction of sp³-hybridized carbons (Fsp3) is 0.962.